The number of para-hydroxylation sites is 1. The highest BCUT2D eigenvalue weighted by atomic mass is 16.6. The van der Waals surface area contributed by atoms with E-state index in [9.17, 15) is 19.5 Å². The van der Waals surface area contributed by atoms with Crippen molar-refractivity contribution < 1.29 is 29.0 Å². The minimum Gasteiger partial charge on any atom is -0.465 e. The molecule has 4 aliphatic rings. The van der Waals surface area contributed by atoms with Gasteiger partial charge in [0.15, 0.2) is 0 Å². The van der Waals surface area contributed by atoms with Gasteiger partial charge in [0.05, 0.1) is 30.8 Å². The molecule has 5 atom stereocenters. The van der Waals surface area contributed by atoms with Crippen molar-refractivity contribution in [3.8, 4) is 0 Å². The van der Waals surface area contributed by atoms with Crippen LogP contribution in [0.25, 0.3) is 11.0 Å². The molecule has 1 unspecified atom stereocenters. The Kier molecular flexibility index (Phi) is 6.04. The largest absolute Gasteiger partial charge is 0.465 e. The van der Waals surface area contributed by atoms with Crippen LogP contribution >= 0.6 is 0 Å². The third-order valence-corrected chi connectivity index (χ3v) is 7.75. The number of carbonyl (C=O) groups is 3. The minimum atomic E-state index is -1.35. The first kappa shape index (κ1) is 23.8. The first-order valence-electron chi connectivity index (χ1n) is 12.7. The van der Waals surface area contributed by atoms with Crippen LogP contribution in [-0.4, -0.2) is 91.7 Å². The van der Waals surface area contributed by atoms with E-state index in [1.807, 2.05) is 42.5 Å². The lowest BCUT2D eigenvalue weighted by atomic mass is 9.78. The molecule has 6 rings (SSSR count). The molecule has 1 aromatic heterocycles. The van der Waals surface area contributed by atoms with E-state index in [2.05, 4.69) is 10.3 Å². The molecule has 194 valence electrons. The SMILES string of the molecule is O=C1OCCCC/C=C\[C@@H]2O[C@]34C=CCN(Cn5nnc6ccccc65)C(=O)C3N(CCO)C(=O)[C@@H]4[C@H]12. The van der Waals surface area contributed by atoms with Gasteiger partial charge in [0.2, 0.25) is 5.91 Å². The number of hydrogen-bond donors (Lipinski definition) is 1. The zero-order chi connectivity index (χ0) is 25.6. The molecule has 2 fully saturated rings. The van der Waals surface area contributed by atoms with Crippen LogP contribution in [0.5, 0.6) is 0 Å². The number of aliphatic hydroxyl groups is 1. The number of benzene rings is 1. The normalized spacial score (nSPS) is 32.6. The van der Waals surface area contributed by atoms with Gasteiger partial charge in [0.1, 0.15) is 29.7 Å². The lowest BCUT2D eigenvalue weighted by Crippen LogP contribution is -2.55. The fraction of sp³-hybridized carbons (Fsp3) is 0.500. The second-order valence-electron chi connectivity index (χ2n) is 9.87. The number of rotatable bonds is 4. The zero-order valence-corrected chi connectivity index (χ0v) is 20.3. The molecule has 1 spiro atoms. The number of amides is 2. The molecule has 2 saturated heterocycles. The molecular formula is C26H29N5O6. The molecule has 5 heterocycles. The molecule has 1 aromatic carbocycles. The average Bonchev–Trinajstić information content (AvgIpc) is 3.48. The highest BCUT2D eigenvalue weighted by Gasteiger charge is 2.71. The Balaban J connectivity index is 1.39. The Bertz CT molecular complexity index is 1290. The first-order valence-corrected chi connectivity index (χ1v) is 12.7. The van der Waals surface area contributed by atoms with Crippen LogP contribution < -0.4 is 0 Å². The Hall–Kier alpha value is -3.57. The maximum Gasteiger partial charge on any atom is 0.312 e. The minimum absolute atomic E-state index is 0.0486. The van der Waals surface area contributed by atoms with Gasteiger partial charge < -0.3 is 24.4 Å². The summed E-state index contributed by atoms with van der Waals surface area (Å²) in [5, 5.41) is 18.2. The Morgan fingerprint density at radius 2 is 1.97 bits per heavy atom. The van der Waals surface area contributed by atoms with Gasteiger partial charge in [-0.15, -0.1) is 5.10 Å². The van der Waals surface area contributed by atoms with E-state index in [1.165, 1.54) is 4.90 Å². The number of carbonyl (C=O) groups excluding carboxylic acids is 3. The molecule has 1 N–H and O–H groups in total. The number of esters is 1. The summed E-state index contributed by atoms with van der Waals surface area (Å²) >= 11 is 0. The van der Waals surface area contributed by atoms with Crippen molar-refractivity contribution in [2.24, 2.45) is 11.8 Å². The molecule has 2 aromatic rings. The number of cyclic esters (lactones) is 1. The van der Waals surface area contributed by atoms with Crippen LogP contribution in [0.1, 0.15) is 19.3 Å². The van der Waals surface area contributed by atoms with E-state index >= 15 is 0 Å². The Morgan fingerprint density at radius 3 is 2.84 bits per heavy atom. The van der Waals surface area contributed by atoms with Crippen LogP contribution in [0.3, 0.4) is 0 Å². The number of likely N-dealkylation sites (tertiary alicyclic amines) is 1. The monoisotopic (exact) mass is 507 g/mol. The standard InChI is InChI=1S/C26H29N5O6/c32-14-13-30-22-24(34)29(16-31-18-9-5-4-8-17(18)27-28-31)12-7-11-26(22)21(23(30)33)20-19(37-26)10-3-1-2-6-15-36-25(20)35/h3-5,7-11,19-22,32H,1-2,6,12-16H2/b10-3-/t19-,20+,21-,22?,26-/m0/s1. The number of allylic oxidation sites excluding steroid dienone is 1. The fourth-order valence-corrected chi connectivity index (χ4v) is 6.12. The third-order valence-electron chi connectivity index (χ3n) is 7.75. The van der Waals surface area contributed by atoms with Crippen LogP contribution in [0, 0.1) is 11.8 Å². The summed E-state index contributed by atoms with van der Waals surface area (Å²) in [5.41, 5.74) is 0.138. The van der Waals surface area contributed by atoms with E-state index < -0.39 is 35.6 Å². The Labute approximate surface area is 213 Å². The van der Waals surface area contributed by atoms with E-state index in [0.717, 1.165) is 24.8 Å². The highest BCUT2D eigenvalue weighted by Crippen LogP contribution is 2.53. The summed E-state index contributed by atoms with van der Waals surface area (Å²) in [6.07, 6.45) is 9.12. The number of aromatic nitrogens is 3. The number of aliphatic hydroxyl groups excluding tert-OH is 1. The Morgan fingerprint density at radius 1 is 1.11 bits per heavy atom. The van der Waals surface area contributed by atoms with E-state index in [0.29, 0.717) is 5.52 Å². The van der Waals surface area contributed by atoms with Gasteiger partial charge in [-0.2, -0.15) is 0 Å². The third kappa shape index (κ3) is 3.75. The van der Waals surface area contributed by atoms with E-state index in [4.69, 9.17) is 9.47 Å². The topological polar surface area (TPSA) is 127 Å². The molecule has 2 amide bonds. The van der Waals surface area contributed by atoms with Crippen molar-refractivity contribution in [1.82, 2.24) is 24.8 Å². The smallest absolute Gasteiger partial charge is 0.312 e. The summed E-state index contributed by atoms with van der Waals surface area (Å²) in [5.74, 6) is -3.03. The number of hydrogen-bond acceptors (Lipinski definition) is 8. The molecule has 0 bridgehead atoms. The van der Waals surface area contributed by atoms with Gasteiger partial charge in [-0.25, -0.2) is 4.68 Å². The van der Waals surface area contributed by atoms with Crippen LogP contribution in [0.2, 0.25) is 0 Å². The van der Waals surface area contributed by atoms with Crippen molar-refractivity contribution in [1.29, 1.82) is 0 Å². The first-order chi connectivity index (χ1) is 18.0. The molecule has 0 saturated carbocycles. The van der Waals surface area contributed by atoms with Crippen LogP contribution in [-0.2, 0) is 30.5 Å². The maximum absolute atomic E-state index is 14.1. The quantitative estimate of drug-likeness (QED) is 0.472. The van der Waals surface area contributed by atoms with E-state index in [1.54, 1.807) is 15.7 Å². The van der Waals surface area contributed by atoms with Gasteiger partial charge in [-0.1, -0.05) is 41.7 Å². The summed E-state index contributed by atoms with van der Waals surface area (Å²) in [4.78, 5) is 44.1. The van der Waals surface area contributed by atoms with Gasteiger partial charge in [0.25, 0.3) is 5.91 Å². The molecule has 0 aliphatic carbocycles. The highest BCUT2D eigenvalue weighted by molar-refractivity contribution is 5.99. The summed E-state index contributed by atoms with van der Waals surface area (Å²) in [6, 6.07) is 6.43. The lowest BCUT2D eigenvalue weighted by Gasteiger charge is -2.35. The molecular weight excluding hydrogens is 478 g/mol. The second-order valence-corrected chi connectivity index (χ2v) is 9.87. The molecule has 11 nitrogen and oxygen atoms in total. The molecule has 0 radical (unpaired) electrons. The number of ether oxygens (including phenoxy) is 2. The number of nitrogens with zero attached hydrogens (tertiary/aromatic N) is 5. The fourth-order valence-electron chi connectivity index (χ4n) is 6.12. The average molecular weight is 508 g/mol. The molecule has 37 heavy (non-hydrogen) atoms. The summed E-state index contributed by atoms with van der Waals surface area (Å²) in [6.45, 7) is 0.290. The van der Waals surface area contributed by atoms with E-state index in [-0.39, 0.29) is 44.8 Å². The van der Waals surface area contributed by atoms with Crippen molar-refractivity contribution in [2.45, 2.75) is 43.7 Å². The molecule has 11 heteroatoms. The van der Waals surface area contributed by atoms with Gasteiger partial charge in [-0.3, -0.25) is 14.4 Å². The van der Waals surface area contributed by atoms with Crippen molar-refractivity contribution in [3.05, 3.63) is 48.6 Å². The van der Waals surface area contributed by atoms with Crippen molar-refractivity contribution in [2.75, 3.05) is 26.3 Å². The summed E-state index contributed by atoms with van der Waals surface area (Å²) in [7, 11) is 0. The van der Waals surface area contributed by atoms with Crippen molar-refractivity contribution in [3.63, 3.8) is 0 Å². The van der Waals surface area contributed by atoms with Crippen LogP contribution in [0.15, 0.2) is 48.6 Å². The maximum atomic E-state index is 14.1. The predicted octanol–water partition coefficient (Wildman–Crippen LogP) is 0.644. The number of β-amino-alcohol motifs (C(OH)–C–C–N with tert-alkyl or cyclic N) is 1. The van der Waals surface area contributed by atoms with Gasteiger partial charge in [0, 0.05) is 13.1 Å². The lowest BCUT2D eigenvalue weighted by molar-refractivity contribution is -0.155. The van der Waals surface area contributed by atoms with Gasteiger partial charge >= 0.3 is 5.97 Å². The zero-order valence-electron chi connectivity index (χ0n) is 20.3. The second kappa shape index (κ2) is 9.38. The van der Waals surface area contributed by atoms with Crippen LogP contribution in [0.4, 0.5) is 0 Å². The molecule has 4 aliphatic heterocycles. The van der Waals surface area contributed by atoms with Gasteiger partial charge in [-0.05, 0) is 31.4 Å². The van der Waals surface area contributed by atoms with Crippen molar-refractivity contribution >= 4 is 28.8 Å². The predicted molar refractivity (Wildman–Crippen MR) is 130 cm³/mol. The number of fused-ring (bicyclic) bond motifs is 3. The summed E-state index contributed by atoms with van der Waals surface area (Å²) < 4.78 is 13.7.